The van der Waals surface area contributed by atoms with E-state index in [0.717, 1.165) is 92.9 Å². The summed E-state index contributed by atoms with van der Waals surface area (Å²) in [5.41, 5.74) is 2.80. The summed E-state index contributed by atoms with van der Waals surface area (Å²) >= 11 is 6.61. The van der Waals surface area contributed by atoms with Crippen molar-refractivity contribution in [2.45, 2.75) is 76.4 Å². The van der Waals surface area contributed by atoms with Crippen LogP contribution < -0.4 is 31.1 Å². The normalized spacial score (nSPS) is 22.2. The molecular formula is C46H53ClN10O7. The molecule has 5 aliphatic rings. The fraction of sp³-hybridized carbons (Fsp3) is 0.478. The average molecular weight is 893 g/mol. The molecule has 9 rings (SSSR count). The van der Waals surface area contributed by atoms with Crippen LogP contribution in [0, 0.1) is 5.92 Å². The van der Waals surface area contributed by atoms with Crippen LogP contribution in [0.5, 0.6) is 5.75 Å². The zero-order valence-electron chi connectivity index (χ0n) is 36.3. The topological polar surface area (TPSA) is 191 Å². The number of anilines is 3. The van der Waals surface area contributed by atoms with Crippen LogP contribution in [0.4, 0.5) is 17.5 Å². The molecule has 0 bridgehead atoms. The summed E-state index contributed by atoms with van der Waals surface area (Å²) in [5.74, 6) is -0.262. The summed E-state index contributed by atoms with van der Waals surface area (Å²) in [7, 11) is 1.51. The Balaban J connectivity index is 0.757. The van der Waals surface area contributed by atoms with E-state index in [1.807, 2.05) is 44.2 Å². The van der Waals surface area contributed by atoms with Crippen molar-refractivity contribution in [3.8, 4) is 5.75 Å². The second kappa shape index (κ2) is 17.9. The van der Waals surface area contributed by atoms with Crippen molar-refractivity contribution in [1.82, 2.24) is 39.9 Å². The molecule has 4 fully saturated rings. The van der Waals surface area contributed by atoms with Crippen LogP contribution in [0.15, 0.2) is 53.5 Å². The number of hydrogen-bond acceptors (Lipinski definition) is 13. The number of pyridine rings is 1. The van der Waals surface area contributed by atoms with Crippen molar-refractivity contribution in [3.63, 3.8) is 0 Å². The third-order valence-corrected chi connectivity index (χ3v) is 13.8. The highest BCUT2D eigenvalue weighted by Gasteiger charge is 2.46. The molecule has 1 aliphatic carbocycles. The lowest BCUT2D eigenvalue weighted by Gasteiger charge is -2.47. The van der Waals surface area contributed by atoms with Crippen molar-refractivity contribution in [3.05, 3.63) is 80.7 Å². The van der Waals surface area contributed by atoms with Gasteiger partial charge in [-0.2, -0.15) is 4.98 Å². The highest BCUT2D eigenvalue weighted by Crippen LogP contribution is 2.40. The molecule has 18 heteroatoms. The number of amides is 5. The van der Waals surface area contributed by atoms with Crippen molar-refractivity contribution in [2.75, 3.05) is 69.7 Å². The first-order valence-electron chi connectivity index (χ1n) is 22.2. The van der Waals surface area contributed by atoms with Crippen LogP contribution in [0.1, 0.15) is 90.6 Å². The van der Waals surface area contributed by atoms with E-state index >= 15 is 0 Å². The number of halogens is 1. The van der Waals surface area contributed by atoms with Crippen LogP contribution in [0.25, 0.3) is 10.9 Å². The Morgan fingerprint density at radius 3 is 2.44 bits per heavy atom. The van der Waals surface area contributed by atoms with Crippen LogP contribution in [0.3, 0.4) is 0 Å². The Bertz CT molecular complexity index is 2580. The number of aromatic nitrogens is 3. The summed E-state index contributed by atoms with van der Waals surface area (Å²) in [6.07, 6.45) is 5.95. The van der Waals surface area contributed by atoms with Gasteiger partial charge in [-0.3, -0.25) is 43.9 Å². The minimum Gasteiger partial charge on any atom is -0.478 e. The van der Waals surface area contributed by atoms with Gasteiger partial charge in [0.25, 0.3) is 23.3 Å². The lowest BCUT2D eigenvalue weighted by molar-refractivity contribution is -0.136. The van der Waals surface area contributed by atoms with E-state index in [2.05, 4.69) is 35.6 Å². The summed E-state index contributed by atoms with van der Waals surface area (Å²) in [5, 5.41) is 9.25. The smallest absolute Gasteiger partial charge is 0.293 e. The minimum atomic E-state index is -0.968. The first-order chi connectivity index (χ1) is 30.9. The summed E-state index contributed by atoms with van der Waals surface area (Å²) in [4.78, 5) is 94.3. The number of piperazine rings is 1. The molecule has 0 spiro atoms. The van der Waals surface area contributed by atoms with Crippen LogP contribution in [-0.2, 0) is 14.4 Å². The third-order valence-electron chi connectivity index (χ3n) is 13.5. The SMILES string of the molecule is CNC(=O)COc1cc2cc(Nc3nc(N4CCN(C[C@H]5C[C@H](N6CCC(c7cccc8c7C(=O)N(C7CCC(=O)NC7=O)C8=O)CC6)C5)CC4)ncc3Cl)ccc2n(C(C)C)c1=O. The van der Waals surface area contributed by atoms with E-state index in [-0.39, 0.29) is 54.5 Å². The van der Waals surface area contributed by atoms with Gasteiger partial charge in [-0.15, -0.1) is 0 Å². The number of carbonyl (C=O) groups is 5. The van der Waals surface area contributed by atoms with Gasteiger partial charge in [0, 0.05) is 69.3 Å². The second-order valence-electron chi connectivity index (χ2n) is 17.8. The number of fused-ring (bicyclic) bond motifs is 2. The number of carbonyl (C=O) groups excluding carboxylic acids is 5. The van der Waals surface area contributed by atoms with Gasteiger partial charge < -0.3 is 29.7 Å². The van der Waals surface area contributed by atoms with Gasteiger partial charge in [-0.25, -0.2) is 4.98 Å². The molecule has 0 radical (unpaired) electrons. The number of ether oxygens (including phenoxy) is 1. The van der Waals surface area contributed by atoms with Crippen molar-refractivity contribution < 1.29 is 28.7 Å². The number of benzene rings is 2. The molecule has 6 heterocycles. The molecule has 1 saturated carbocycles. The Morgan fingerprint density at radius 1 is 0.953 bits per heavy atom. The first kappa shape index (κ1) is 43.3. The molecule has 1 atom stereocenters. The standard InChI is InChI=1S/C46H53ClN10O7/c1-26(2)56-35-8-7-30(21-29(35)22-37(44(56)62)64-25-39(59)48-3)50-41-34(47)23-49-46(52-41)55-17-15-53(16-18-55)24-27-19-31(20-27)54-13-11-28(12-14-54)32-5-4-6-33-40(32)45(63)57(43(33)61)36-9-10-38(58)51-42(36)60/h4-8,21-23,26-28,31,36H,9-20,24-25H2,1-3H3,(H,48,59)(H,49,50,52)(H,51,58,60)/t27-,31-,36?. The van der Waals surface area contributed by atoms with E-state index in [1.165, 1.54) is 7.05 Å². The van der Waals surface area contributed by atoms with E-state index in [4.69, 9.17) is 21.3 Å². The van der Waals surface area contributed by atoms with E-state index in [0.29, 0.717) is 45.6 Å². The van der Waals surface area contributed by atoms with Crippen molar-refractivity contribution in [1.29, 1.82) is 0 Å². The first-order valence-corrected chi connectivity index (χ1v) is 22.6. The third kappa shape index (κ3) is 8.43. The fourth-order valence-electron chi connectivity index (χ4n) is 10.1. The molecule has 3 saturated heterocycles. The average Bonchev–Trinajstić information content (AvgIpc) is 3.53. The largest absolute Gasteiger partial charge is 0.478 e. The minimum absolute atomic E-state index is 0.0916. The van der Waals surface area contributed by atoms with Gasteiger partial charge in [0.2, 0.25) is 17.8 Å². The summed E-state index contributed by atoms with van der Waals surface area (Å²) in [6.45, 7) is 9.86. The summed E-state index contributed by atoms with van der Waals surface area (Å²) < 4.78 is 7.27. The van der Waals surface area contributed by atoms with E-state index < -0.39 is 23.8 Å². The predicted molar refractivity (Wildman–Crippen MR) is 240 cm³/mol. The van der Waals surface area contributed by atoms with Crippen LogP contribution in [0.2, 0.25) is 5.02 Å². The summed E-state index contributed by atoms with van der Waals surface area (Å²) in [6, 6.07) is 12.2. The van der Waals surface area contributed by atoms with E-state index in [9.17, 15) is 28.8 Å². The number of likely N-dealkylation sites (tertiary alicyclic amines) is 1. The molecule has 64 heavy (non-hydrogen) atoms. The van der Waals surface area contributed by atoms with Crippen LogP contribution >= 0.6 is 11.6 Å². The zero-order chi connectivity index (χ0) is 44.8. The molecular weight excluding hydrogens is 840 g/mol. The number of nitrogens with one attached hydrogen (secondary N) is 3. The molecule has 17 nitrogen and oxygen atoms in total. The highest BCUT2D eigenvalue weighted by molar-refractivity contribution is 6.33. The second-order valence-corrected chi connectivity index (χ2v) is 18.2. The van der Waals surface area contributed by atoms with Crippen molar-refractivity contribution >= 4 is 69.5 Å². The van der Waals surface area contributed by atoms with Crippen LogP contribution in [-0.4, -0.2) is 130 Å². The Morgan fingerprint density at radius 2 is 1.72 bits per heavy atom. The monoisotopic (exact) mass is 892 g/mol. The maximum atomic E-state index is 13.7. The molecule has 2 aromatic carbocycles. The maximum Gasteiger partial charge on any atom is 0.293 e. The van der Waals surface area contributed by atoms with Crippen molar-refractivity contribution in [2.24, 2.45) is 5.92 Å². The molecule has 4 aromatic rings. The number of rotatable bonds is 12. The number of likely N-dealkylation sites (N-methyl/N-ethyl adjacent to an activating group) is 1. The number of hydrogen-bond donors (Lipinski definition) is 3. The molecule has 4 aliphatic heterocycles. The quantitative estimate of drug-likeness (QED) is 0.173. The Kier molecular flexibility index (Phi) is 12.1. The van der Waals surface area contributed by atoms with Gasteiger partial charge in [0.05, 0.1) is 22.8 Å². The van der Waals surface area contributed by atoms with Gasteiger partial charge in [-0.1, -0.05) is 23.7 Å². The fourth-order valence-corrected chi connectivity index (χ4v) is 10.2. The van der Waals surface area contributed by atoms with Gasteiger partial charge in [0.15, 0.2) is 18.2 Å². The van der Waals surface area contributed by atoms with Gasteiger partial charge >= 0.3 is 0 Å². The molecule has 1 unspecified atom stereocenters. The predicted octanol–water partition coefficient (Wildman–Crippen LogP) is 4.08. The molecule has 336 valence electrons. The molecule has 3 N–H and O–H groups in total. The lowest BCUT2D eigenvalue weighted by atomic mass is 9.77. The Labute approximate surface area is 375 Å². The van der Waals surface area contributed by atoms with Gasteiger partial charge in [-0.05, 0) is 107 Å². The zero-order valence-corrected chi connectivity index (χ0v) is 37.0. The maximum absolute atomic E-state index is 13.7. The van der Waals surface area contributed by atoms with Gasteiger partial charge in [0.1, 0.15) is 11.1 Å². The molecule has 2 aromatic heterocycles. The Hall–Kier alpha value is -5.91. The number of nitrogens with zero attached hydrogens (tertiary/aromatic N) is 7. The number of piperidine rings is 2. The van der Waals surface area contributed by atoms with E-state index in [1.54, 1.807) is 22.9 Å². The molecule has 5 amide bonds. The lowest BCUT2D eigenvalue weighted by Crippen LogP contribution is -2.54. The number of imide groups is 2. The highest BCUT2D eigenvalue weighted by atomic mass is 35.5.